The second-order valence-electron chi connectivity index (χ2n) is 5.94. The van der Waals surface area contributed by atoms with E-state index in [1.54, 1.807) is 0 Å². The van der Waals surface area contributed by atoms with Gasteiger partial charge in [0.25, 0.3) is 0 Å². The molecule has 0 aliphatic carbocycles. The molecule has 0 heterocycles. The molecule has 0 atom stereocenters. The quantitative estimate of drug-likeness (QED) is 0.794. The van der Waals surface area contributed by atoms with Crippen molar-refractivity contribution in [1.82, 2.24) is 5.32 Å². The summed E-state index contributed by atoms with van der Waals surface area (Å²) in [5.41, 5.74) is 4.84. The van der Waals surface area contributed by atoms with E-state index < -0.39 is 0 Å². The number of aryl methyl sites for hydroxylation is 1. The first-order valence-corrected chi connectivity index (χ1v) is 6.81. The fourth-order valence-corrected chi connectivity index (χ4v) is 2.09. The fourth-order valence-electron chi connectivity index (χ4n) is 2.09. The summed E-state index contributed by atoms with van der Waals surface area (Å²) in [4.78, 5) is 4.28. The van der Waals surface area contributed by atoms with Crippen LogP contribution >= 0.6 is 0 Å². The average Bonchev–Trinajstić information content (AvgIpc) is 2.33. The van der Waals surface area contributed by atoms with Gasteiger partial charge in [-0.2, -0.15) is 0 Å². The van der Waals surface area contributed by atoms with Crippen molar-refractivity contribution in [1.29, 1.82) is 0 Å². The van der Waals surface area contributed by atoms with Crippen molar-refractivity contribution in [2.24, 2.45) is 4.99 Å². The van der Waals surface area contributed by atoms with E-state index >= 15 is 0 Å². The van der Waals surface area contributed by atoms with Crippen molar-refractivity contribution in [2.45, 2.75) is 46.1 Å². The van der Waals surface area contributed by atoms with E-state index in [0.29, 0.717) is 0 Å². The third-order valence-corrected chi connectivity index (χ3v) is 2.99. The fraction of sp³-hybridized carbons (Fsp3) is 0.471. The van der Waals surface area contributed by atoms with Crippen LogP contribution in [0.2, 0.25) is 0 Å². The molecule has 1 rings (SSSR count). The molecule has 0 saturated heterocycles. The largest absolute Gasteiger partial charge is 0.384 e. The molecule has 2 nitrogen and oxygen atoms in total. The standard InChI is InChI=1S/C17H26N2/c1-13(19-17(3,4)5)11-12-15-9-7-8-10-16(15)14(2)18-6/h7-10,19H,1,11-12H2,2-6H3. The first-order chi connectivity index (χ1) is 8.83. The van der Waals surface area contributed by atoms with Crippen LogP contribution in [0.4, 0.5) is 0 Å². The van der Waals surface area contributed by atoms with Crippen LogP contribution in [0.1, 0.15) is 45.2 Å². The number of hydrogen-bond acceptors (Lipinski definition) is 2. The maximum absolute atomic E-state index is 4.28. The van der Waals surface area contributed by atoms with Crippen LogP contribution in [-0.2, 0) is 6.42 Å². The van der Waals surface area contributed by atoms with Crippen LogP contribution in [0.3, 0.4) is 0 Å². The lowest BCUT2D eigenvalue weighted by Crippen LogP contribution is -2.34. The molecule has 0 saturated carbocycles. The molecule has 2 heteroatoms. The van der Waals surface area contributed by atoms with Crippen LogP contribution in [-0.4, -0.2) is 18.3 Å². The van der Waals surface area contributed by atoms with E-state index in [9.17, 15) is 0 Å². The van der Waals surface area contributed by atoms with Crippen molar-refractivity contribution in [3.8, 4) is 0 Å². The summed E-state index contributed by atoms with van der Waals surface area (Å²) < 4.78 is 0. The molecular formula is C17H26N2. The highest BCUT2D eigenvalue weighted by Crippen LogP contribution is 2.15. The van der Waals surface area contributed by atoms with Crippen LogP contribution in [0.25, 0.3) is 0 Å². The summed E-state index contributed by atoms with van der Waals surface area (Å²) in [6.07, 6.45) is 1.94. The molecule has 0 amide bonds. The Bertz CT molecular complexity index is 464. The number of nitrogens with one attached hydrogen (secondary N) is 1. The Labute approximate surface area is 117 Å². The molecule has 1 aromatic rings. The number of hydrogen-bond donors (Lipinski definition) is 1. The van der Waals surface area contributed by atoms with Gasteiger partial charge in [-0.1, -0.05) is 30.8 Å². The Kier molecular flexibility index (Phi) is 5.34. The minimum absolute atomic E-state index is 0.0807. The Morgan fingerprint density at radius 1 is 1.26 bits per heavy atom. The minimum atomic E-state index is 0.0807. The Morgan fingerprint density at radius 2 is 1.89 bits per heavy atom. The third kappa shape index (κ3) is 5.29. The molecule has 0 fully saturated rings. The molecule has 104 valence electrons. The normalized spacial score (nSPS) is 12.4. The van der Waals surface area contributed by atoms with E-state index in [0.717, 1.165) is 24.3 Å². The highest BCUT2D eigenvalue weighted by molar-refractivity contribution is 5.99. The number of aliphatic imine (C=N–C) groups is 1. The van der Waals surface area contributed by atoms with Crippen LogP contribution in [0, 0.1) is 0 Å². The van der Waals surface area contributed by atoms with Gasteiger partial charge in [-0.05, 0) is 51.7 Å². The van der Waals surface area contributed by atoms with Gasteiger partial charge in [0.1, 0.15) is 0 Å². The van der Waals surface area contributed by atoms with Crippen molar-refractivity contribution in [3.63, 3.8) is 0 Å². The second kappa shape index (κ2) is 6.55. The third-order valence-electron chi connectivity index (χ3n) is 2.99. The first-order valence-electron chi connectivity index (χ1n) is 6.81. The molecule has 0 aliphatic rings. The zero-order valence-corrected chi connectivity index (χ0v) is 12.9. The zero-order chi connectivity index (χ0) is 14.5. The molecule has 1 N–H and O–H groups in total. The Morgan fingerprint density at radius 3 is 2.47 bits per heavy atom. The van der Waals surface area contributed by atoms with E-state index in [1.807, 2.05) is 7.05 Å². The summed E-state index contributed by atoms with van der Waals surface area (Å²) in [5, 5.41) is 3.43. The lowest BCUT2D eigenvalue weighted by molar-refractivity contribution is 0.464. The maximum Gasteiger partial charge on any atom is 0.0388 e. The minimum Gasteiger partial charge on any atom is -0.384 e. The molecule has 0 radical (unpaired) electrons. The van der Waals surface area contributed by atoms with Gasteiger partial charge in [0.2, 0.25) is 0 Å². The van der Waals surface area contributed by atoms with Gasteiger partial charge in [-0.15, -0.1) is 0 Å². The molecule has 19 heavy (non-hydrogen) atoms. The van der Waals surface area contributed by atoms with Crippen LogP contribution < -0.4 is 5.32 Å². The monoisotopic (exact) mass is 258 g/mol. The van der Waals surface area contributed by atoms with Crippen molar-refractivity contribution in [3.05, 3.63) is 47.7 Å². The van der Waals surface area contributed by atoms with Gasteiger partial charge in [0.15, 0.2) is 0 Å². The molecule has 0 aliphatic heterocycles. The Balaban J connectivity index is 2.71. The average molecular weight is 258 g/mol. The molecule has 0 spiro atoms. The van der Waals surface area contributed by atoms with E-state index in [-0.39, 0.29) is 5.54 Å². The van der Waals surface area contributed by atoms with E-state index in [2.05, 4.69) is 68.8 Å². The predicted molar refractivity (Wildman–Crippen MR) is 84.9 cm³/mol. The van der Waals surface area contributed by atoms with Crippen molar-refractivity contribution < 1.29 is 0 Å². The number of rotatable bonds is 5. The molecular weight excluding hydrogens is 232 g/mol. The maximum atomic E-state index is 4.28. The lowest BCUT2D eigenvalue weighted by Gasteiger charge is -2.24. The van der Waals surface area contributed by atoms with Crippen LogP contribution in [0.15, 0.2) is 41.5 Å². The highest BCUT2D eigenvalue weighted by atomic mass is 15.0. The summed E-state index contributed by atoms with van der Waals surface area (Å²) in [6.45, 7) is 12.6. The van der Waals surface area contributed by atoms with Crippen molar-refractivity contribution in [2.75, 3.05) is 7.05 Å². The highest BCUT2D eigenvalue weighted by Gasteiger charge is 2.10. The first kappa shape index (κ1) is 15.5. The Hall–Kier alpha value is -1.57. The van der Waals surface area contributed by atoms with Crippen LogP contribution in [0.5, 0.6) is 0 Å². The summed E-state index contributed by atoms with van der Waals surface area (Å²) in [6, 6.07) is 8.46. The molecule has 1 aromatic carbocycles. The summed E-state index contributed by atoms with van der Waals surface area (Å²) in [7, 11) is 1.84. The van der Waals surface area contributed by atoms with E-state index in [4.69, 9.17) is 0 Å². The van der Waals surface area contributed by atoms with Gasteiger partial charge in [0, 0.05) is 24.0 Å². The number of nitrogens with zero attached hydrogens (tertiary/aromatic N) is 1. The van der Waals surface area contributed by atoms with Gasteiger partial charge in [-0.25, -0.2) is 0 Å². The van der Waals surface area contributed by atoms with Gasteiger partial charge >= 0.3 is 0 Å². The summed E-state index contributed by atoms with van der Waals surface area (Å²) in [5.74, 6) is 0. The molecule has 0 aromatic heterocycles. The summed E-state index contributed by atoms with van der Waals surface area (Å²) >= 11 is 0. The van der Waals surface area contributed by atoms with Gasteiger partial charge in [0.05, 0.1) is 0 Å². The smallest absolute Gasteiger partial charge is 0.0388 e. The topological polar surface area (TPSA) is 24.4 Å². The van der Waals surface area contributed by atoms with E-state index in [1.165, 1.54) is 11.1 Å². The predicted octanol–water partition coefficient (Wildman–Crippen LogP) is 3.96. The second-order valence-corrected chi connectivity index (χ2v) is 5.94. The zero-order valence-electron chi connectivity index (χ0n) is 12.9. The SMILES string of the molecule is C=C(CCc1ccccc1C(C)=NC)NC(C)(C)C. The lowest BCUT2D eigenvalue weighted by atomic mass is 9.98. The van der Waals surface area contributed by atoms with Crippen molar-refractivity contribution >= 4 is 5.71 Å². The molecule has 0 bridgehead atoms. The number of benzene rings is 1. The van der Waals surface area contributed by atoms with Gasteiger partial charge in [-0.3, -0.25) is 4.99 Å². The number of allylic oxidation sites excluding steroid dienone is 1. The molecule has 0 unspecified atom stereocenters. The van der Waals surface area contributed by atoms with Gasteiger partial charge < -0.3 is 5.32 Å².